The van der Waals surface area contributed by atoms with E-state index in [1.165, 1.54) is 11.8 Å². The summed E-state index contributed by atoms with van der Waals surface area (Å²) in [5, 5.41) is 0.862. The van der Waals surface area contributed by atoms with Crippen molar-refractivity contribution in [3.63, 3.8) is 0 Å². The normalized spacial score (nSPS) is 18.2. The van der Waals surface area contributed by atoms with Crippen LogP contribution in [0, 0.1) is 0 Å². The van der Waals surface area contributed by atoms with E-state index in [1.807, 2.05) is 0 Å². The summed E-state index contributed by atoms with van der Waals surface area (Å²) in [5.74, 6) is 1.09. The van der Waals surface area contributed by atoms with Crippen molar-refractivity contribution in [2.24, 2.45) is 0 Å². The molecule has 2 aliphatic heterocycles. The molecule has 2 amide bonds. The molecular formula is C16H22ClN5O3S. The SMILES string of the molecule is CC(=O)N1CCN(C(=O)CSc2nc(Cl)cc(N3CCOCC3)n2)CC1. The average molecular weight is 400 g/mol. The number of thioether (sulfide) groups is 1. The Kier molecular flexibility index (Phi) is 6.55. The van der Waals surface area contributed by atoms with Crippen LogP contribution >= 0.6 is 23.4 Å². The van der Waals surface area contributed by atoms with Crippen molar-refractivity contribution in [2.45, 2.75) is 12.1 Å². The molecule has 0 atom stereocenters. The molecule has 0 bridgehead atoms. The smallest absolute Gasteiger partial charge is 0.233 e. The number of aromatic nitrogens is 2. The van der Waals surface area contributed by atoms with E-state index in [9.17, 15) is 9.59 Å². The molecule has 2 saturated heterocycles. The van der Waals surface area contributed by atoms with Crippen LogP contribution in [0.3, 0.4) is 0 Å². The van der Waals surface area contributed by atoms with Gasteiger partial charge in [-0.1, -0.05) is 23.4 Å². The Morgan fingerprint density at radius 3 is 2.42 bits per heavy atom. The molecule has 1 aromatic rings. The average Bonchev–Trinajstić information content (AvgIpc) is 2.66. The summed E-state index contributed by atoms with van der Waals surface area (Å²) in [5.41, 5.74) is 0. The van der Waals surface area contributed by atoms with Crippen molar-refractivity contribution in [2.75, 3.05) is 63.1 Å². The second-order valence-electron chi connectivity index (χ2n) is 6.11. The molecule has 0 N–H and O–H groups in total. The Morgan fingerprint density at radius 2 is 1.77 bits per heavy atom. The highest BCUT2D eigenvalue weighted by atomic mass is 35.5. The number of nitrogens with zero attached hydrogens (tertiary/aromatic N) is 5. The van der Waals surface area contributed by atoms with Crippen molar-refractivity contribution >= 4 is 41.0 Å². The van der Waals surface area contributed by atoms with Crippen LogP contribution in [0.25, 0.3) is 0 Å². The second-order valence-corrected chi connectivity index (χ2v) is 7.44. The highest BCUT2D eigenvalue weighted by molar-refractivity contribution is 7.99. The summed E-state index contributed by atoms with van der Waals surface area (Å²) < 4.78 is 5.35. The summed E-state index contributed by atoms with van der Waals surface area (Å²) >= 11 is 7.41. The monoisotopic (exact) mass is 399 g/mol. The number of hydrogen-bond acceptors (Lipinski definition) is 7. The van der Waals surface area contributed by atoms with Crippen molar-refractivity contribution in [3.05, 3.63) is 11.2 Å². The van der Waals surface area contributed by atoms with Crippen LogP contribution in [0.5, 0.6) is 0 Å². The molecule has 2 aliphatic rings. The second kappa shape index (κ2) is 8.88. The predicted octanol–water partition coefficient (Wildman–Crippen LogP) is 0.749. The minimum Gasteiger partial charge on any atom is -0.378 e. The molecule has 8 nitrogen and oxygen atoms in total. The van der Waals surface area contributed by atoms with Gasteiger partial charge in [0.05, 0.1) is 19.0 Å². The number of carbonyl (C=O) groups excluding carboxylic acids is 2. The van der Waals surface area contributed by atoms with Crippen LogP contribution in [-0.4, -0.2) is 89.8 Å². The molecule has 0 spiro atoms. The van der Waals surface area contributed by atoms with Gasteiger partial charge in [-0.15, -0.1) is 0 Å². The number of amides is 2. The predicted molar refractivity (Wildman–Crippen MR) is 99.6 cm³/mol. The van der Waals surface area contributed by atoms with Gasteiger partial charge in [-0.3, -0.25) is 9.59 Å². The van der Waals surface area contributed by atoms with Gasteiger partial charge in [-0.25, -0.2) is 9.97 Å². The highest BCUT2D eigenvalue weighted by Gasteiger charge is 2.23. The number of rotatable bonds is 4. The molecule has 3 heterocycles. The molecule has 0 unspecified atom stereocenters. The molecule has 0 saturated carbocycles. The van der Waals surface area contributed by atoms with Crippen molar-refractivity contribution in [1.82, 2.24) is 19.8 Å². The van der Waals surface area contributed by atoms with Gasteiger partial charge < -0.3 is 19.4 Å². The van der Waals surface area contributed by atoms with Crippen LogP contribution in [0.15, 0.2) is 11.2 Å². The number of ether oxygens (including phenoxy) is 1. The van der Waals surface area contributed by atoms with Gasteiger partial charge in [0.1, 0.15) is 11.0 Å². The molecule has 0 aromatic carbocycles. The van der Waals surface area contributed by atoms with E-state index >= 15 is 0 Å². The molecule has 2 fully saturated rings. The summed E-state index contributed by atoms with van der Waals surface area (Å²) in [4.78, 5) is 38.1. The van der Waals surface area contributed by atoms with E-state index in [1.54, 1.807) is 22.8 Å². The number of carbonyl (C=O) groups is 2. The lowest BCUT2D eigenvalue weighted by molar-refractivity contribution is -0.136. The van der Waals surface area contributed by atoms with E-state index < -0.39 is 0 Å². The molecule has 0 radical (unpaired) electrons. The van der Waals surface area contributed by atoms with Crippen LogP contribution in [0.2, 0.25) is 5.15 Å². The number of hydrogen-bond donors (Lipinski definition) is 0. The Balaban J connectivity index is 1.55. The fourth-order valence-corrected chi connectivity index (χ4v) is 3.88. The van der Waals surface area contributed by atoms with Gasteiger partial charge >= 0.3 is 0 Å². The first kappa shape index (κ1) is 19.2. The van der Waals surface area contributed by atoms with E-state index in [-0.39, 0.29) is 17.6 Å². The Bertz CT molecular complexity index is 663. The van der Waals surface area contributed by atoms with Gasteiger partial charge in [0, 0.05) is 52.3 Å². The van der Waals surface area contributed by atoms with E-state index in [0.29, 0.717) is 49.7 Å². The van der Waals surface area contributed by atoms with Crippen molar-refractivity contribution < 1.29 is 14.3 Å². The molecule has 26 heavy (non-hydrogen) atoms. The zero-order valence-corrected chi connectivity index (χ0v) is 16.3. The zero-order valence-electron chi connectivity index (χ0n) is 14.7. The molecule has 3 rings (SSSR count). The summed E-state index contributed by atoms with van der Waals surface area (Å²) in [6.07, 6.45) is 0. The summed E-state index contributed by atoms with van der Waals surface area (Å²) in [6, 6.07) is 1.74. The van der Waals surface area contributed by atoms with Crippen molar-refractivity contribution in [1.29, 1.82) is 0 Å². The number of piperazine rings is 1. The van der Waals surface area contributed by atoms with E-state index in [2.05, 4.69) is 14.9 Å². The minimum absolute atomic E-state index is 0.0229. The lowest BCUT2D eigenvalue weighted by Gasteiger charge is -2.34. The third-order valence-electron chi connectivity index (χ3n) is 4.40. The molecular weight excluding hydrogens is 378 g/mol. The number of halogens is 1. The first-order valence-corrected chi connectivity index (χ1v) is 9.92. The summed E-state index contributed by atoms with van der Waals surface area (Å²) in [6.45, 7) is 6.69. The fourth-order valence-electron chi connectivity index (χ4n) is 2.89. The maximum atomic E-state index is 12.4. The maximum Gasteiger partial charge on any atom is 0.233 e. The Morgan fingerprint density at radius 1 is 1.12 bits per heavy atom. The Labute approximate surface area is 161 Å². The van der Waals surface area contributed by atoms with Crippen LogP contribution in [0.4, 0.5) is 5.82 Å². The molecule has 10 heteroatoms. The van der Waals surface area contributed by atoms with Crippen LogP contribution in [-0.2, 0) is 14.3 Å². The Hall–Kier alpha value is -1.58. The van der Waals surface area contributed by atoms with Gasteiger partial charge in [-0.2, -0.15) is 0 Å². The summed E-state index contributed by atoms with van der Waals surface area (Å²) in [7, 11) is 0. The van der Waals surface area contributed by atoms with E-state index in [4.69, 9.17) is 16.3 Å². The largest absolute Gasteiger partial charge is 0.378 e. The quantitative estimate of drug-likeness (QED) is 0.420. The zero-order chi connectivity index (χ0) is 18.5. The van der Waals surface area contributed by atoms with Gasteiger partial charge in [0.2, 0.25) is 11.8 Å². The minimum atomic E-state index is 0.0229. The van der Waals surface area contributed by atoms with Crippen LogP contribution < -0.4 is 4.90 Å². The van der Waals surface area contributed by atoms with Crippen LogP contribution in [0.1, 0.15) is 6.92 Å². The van der Waals surface area contributed by atoms with E-state index in [0.717, 1.165) is 18.9 Å². The lowest BCUT2D eigenvalue weighted by atomic mass is 10.3. The standard InChI is InChI=1S/C16H22ClN5O3S/c1-12(23)20-2-4-22(5-3-20)15(24)11-26-16-18-13(17)10-14(19-16)21-6-8-25-9-7-21/h10H,2-9,11H2,1H3. The third-order valence-corrected chi connectivity index (χ3v) is 5.42. The van der Waals surface area contributed by atoms with Gasteiger partial charge in [-0.05, 0) is 0 Å². The first-order chi connectivity index (χ1) is 12.5. The van der Waals surface area contributed by atoms with Gasteiger partial charge in [0.15, 0.2) is 5.16 Å². The lowest BCUT2D eigenvalue weighted by Crippen LogP contribution is -2.50. The first-order valence-electron chi connectivity index (χ1n) is 8.56. The fraction of sp³-hybridized carbons (Fsp3) is 0.625. The highest BCUT2D eigenvalue weighted by Crippen LogP contribution is 2.23. The number of anilines is 1. The topological polar surface area (TPSA) is 78.9 Å². The maximum absolute atomic E-state index is 12.4. The number of morpholine rings is 1. The molecule has 1 aromatic heterocycles. The van der Waals surface area contributed by atoms with Crippen molar-refractivity contribution in [3.8, 4) is 0 Å². The van der Waals surface area contributed by atoms with Gasteiger partial charge in [0.25, 0.3) is 0 Å². The molecule has 142 valence electrons. The molecule has 0 aliphatic carbocycles. The third kappa shape index (κ3) is 4.99.